The molecule has 0 unspecified atom stereocenters. The third kappa shape index (κ3) is 1.69. The van der Waals surface area contributed by atoms with Crippen LogP contribution in [-0.2, 0) is 12.8 Å². The summed E-state index contributed by atoms with van der Waals surface area (Å²) in [7, 11) is 0. The Morgan fingerprint density at radius 2 is 2.11 bits per heavy atom. The molecule has 3 aromatic heterocycles. The first-order valence-corrected chi connectivity index (χ1v) is 6.67. The molecule has 0 saturated carbocycles. The normalized spacial score (nSPS) is 14.5. The van der Waals surface area contributed by atoms with Crippen molar-refractivity contribution in [3.8, 4) is 0 Å². The van der Waals surface area contributed by atoms with Gasteiger partial charge in [0.1, 0.15) is 5.65 Å². The number of rotatable bonds is 2. The molecular formula is C14H15N5. The van der Waals surface area contributed by atoms with Gasteiger partial charge in [0.2, 0.25) is 0 Å². The summed E-state index contributed by atoms with van der Waals surface area (Å²) in [6.07, 6.45) is 8.43. The summed E-state index contributed by atoms with van der Waals surface area (Å²) < 4.78 is 0. The minimum absolute atomic E-state index is 0.898. The third-order valence-electron chi connectivity index (χ3n) is 3.77. The van der Waals surface area contributed by atoms with Gasteiger partial charge < -0.3 is 10.3 Å². The average molecular weight is 253 g/mol. The maximum atomic E-state index is 4.42. The molecule has 1 aliphatic rings. The number of aromatic nitrogens is 4. The molecule has 0 aromatic carbocycles. The maximum Gasteiger partial charge on any atom is 0.155 e. The Balaban J connectivity index is 1.75. The second kappa shape index (κ2) is 4.12. The summed E-state index contributed by atoms with van der Waals surface area (Å²) in [4.78, 5) is 7.42. The SMILES string of the molecule is c1cc(Nc2n[nH]c3c2CCCC3)c2cc[nH]c2n1. The second-order valence-corrected chi connectivity index (χ2v) is 4.96. The van der Waals surface area contributed by atoms with Crippen LogP contribution in [-0.4, -0.2) is 20.2 Å². The standard InChI is InChI=1S/C14H15N5/c1-2-4-12-9(3-1)14(19-18-12)17-11-6-8-16-13-10(11)5-7-15-13/h5-8H,1-4H2,(H3,15,16,17,18,19). The number of H-pyrrole nitrogens is 2. The average Bonchev–Trinajstić information content (AvgIpc) is 3.06. The van der Waals surface area contributed by atoms with E-state index in [0.717, 1.165) is 35.4 Å². The molecule has 0 atom stereocenters. The van der Waals surface area contributed by atoms with E-state index in [2.05, 4.69) is 25.5 Å². The Bertz CT molecular complexity index is 724. The van der Waals surface area contributed by atoms with E-state index in [1.165, 1.54) is 24.1 Å². The van der Waals surface area contributed by atoms with E-state index < -0.39 is 0 Å². The fraction of sp³-hybridized carbons (Fsp3) is 0.286. The molecule has 1 aliphatic carbocycles. The molecule has 96 valence electrons. The molecule has 0 bridgehead atoms. The molecule has 19 heavy (non-hydrogen) atoms. The first kappa shape index (κ1) is 10.6. The fourth-order valence-electron chi connectivity index (χ4n) is 2.78. The predicted molar refractivity (Wildman–Crippen MR) is 74.6 cm³/mol. The molecule has 3 N–H and O–H groups in total. The number of nitrogens with one attached hydrogen (secondary N) is 3. The van der Waals surface area contributed by atoms with E-state index in [0.29, 0.717) is 0 Å². The zero-order valence-corrected chi connectivity index (χ0v) is 10.5. The first-order valence-electron chi connectivity index (χ1n) is 6.67. The first-order chi connectivity index (χ1) is 9.42. The highest BCUT2D eigenvalue weighted by atomic mass is 15.2. The summed E-state index contributed by atoms with van der Waals surface area (Å²) in [5.41, 5.74) is 4.57. The summed E-state index contributed by atoms with van der Waals surface area (Å²) in [6.45, 7) is 0. The Morgan fingerprint density at radius 1 is 1.16 bits per heavy atom. The molecule has 4 rings (SSSR count). The minimum Gasteiger partial charge on any atom is -0.346 e. The Hall–Kier alpha value is -2.30. The molecule has 0 saturated heterocycles. The van der Waals surface area contributed by atoms with Gasteiger partial charge in [-0.25, -0.2) is 4.98 Å². The van der Waals surface area contributed by atoms with Crippen molar-refractivity contribution in [2.24, 2.45) is 0 Å². The van der Waals surface area contributed by atoms with E-state index in [1.54, 1.807) is 6.20 Å². The minimum atomic E-state index is 0.898. The zero-order valence-electron chi connectivity index (χ0n) is 10.5. The van der Waals surface area contributed by atoms with Crippen LogP contribution in [0.4, 0.5) is 11.5 Å². The van der Waals surface area contributed by atoms with Crippen LogP contribution < -0.4 is 5.32 Å². The molecule has 5 nitrogen and oxygen atoms in total. The van der Waals surface area contributed by atoms with Gasteiger partial charge >= 0.3 is 0 Å². The van der Waals surface area contributed by atoms with Gasteiger partial charge in [-0.05, 0) is 37.8 Å². The van der Waals surface area contributed by atoms with E-state index >= 15 is 0 Å². The largest absolute Gasteiger partial charge is 0.346 e. The lowest BCUT2D eigenvalue weighted by atomic mass is 9.97. The van der Waals surface area contributed by atoms with E-state index in [-0.39, 0.29) is 0 Å². The van der Waals surface area contributed by atoms with Crippen molar-refractivity contribution in [3.05, 3.63) is 35.8 Å². The zero-order chi connectivity index (χ0) is 12.7. The number of anilines is 2. The number of nitrogens with zero attached hydrogens (tertiary/aromatic N) is 2. The summed E-state index contributed by atoms with van der Waals surface area (Å²) >= 11 is 0. The lowest BCUT2D eigenvalue weighted by Gasteiger charge is -2.12. The van der Waals surface area contributed by atoms with E-state index in [9.17, 15) is 0 Å². The lowest BCUT2D eigenvalue weighted by Crippen LogP contribution is -2.02. The van der Waals surface area contributed by atoms with Gasteiger partial charge in [0, 0.05) is 29.0 Å². The smallest absolute Gasteiger partial charge is 0.155 e. The Morgan fingerprint density at radius 3 is 3.11 bits per heavy atom. The van der Waals surface area contributed by atoms with Crippen LogP contribution in [0.25, 0.3) is 11.0 Å². The topological polar surface area (TPSA) is 69.4 Å². The van der Waals surface area contributed by atoms with Gasteiger partial charge in [0.15, 0.2) is 5.82 Å². The number of aromatic amines is 2. The van der Waals surface area contributed by atoms with Gasteiger partial charge in [0.25, 0.3) is 0 Å². The van der Waals surface area contributed by atoms with Gasteiger partial charge in [-0.1, -0.05) is 0 Å². The van der Waals surface area contributed by atoms with Crippen molar-refractivity contribution in [2.45, 2.75) is 25.7 Å². The van der Waals surface area contributed by atoms with Crippen molar-refractivity contribution in [2.75, 3.05) is 5.32 Å². The van der Waals surface area contributed by atoms with Crippen LogP contribution in [0.5, 0.6) is 0 Å². The summed E-state index contributed by atoms with van der Waals surface area (Å²) in [6, 6.07) is 4.02. The van der Waals surface area contributed by atoms with E-state index in [4.69, 9.17) is 0 Å². The number of fused-ring (bicyclic) bond motifs is 2. The molecule has 0 spiro atoms. The van der Waals surface area contributed by atoms with Crippen LogP contribution in [0.2, 0.25) is 0 Å². The van der Waals surface area contributed by atoms with Gasteiger partial charge in [-0.15, -0.1) is 0 Å². The highest BCUT2D eigenvalue weighted by Crippen LogP contribution is 2.29. The monoisotopic (exact) mass is 253 g/mol. The lowest BCUT2D eigenvalue weighted by molar-refractivity contribution is 0.675. The Labute approximate surface area is 110 Å². The van der Waals surface area contributed by atoms with Crippen molar-refractivity contribution in [1.29, 1.82) is 0 Å². The van der Waals surface area contributed by atoms with Crippen LogP contribution in [0, 0.1) is 0 Å². The molecule has 0 radical (unpaired) electrons. The van der Waals surface area contributed by atoms with Crippen molar-refractivity contribution in [1.82, 2.24) is 20.2 Å². The van der Waals surface area contributed by atoms with Crippen LogP contribution in [0.15, 0.2) is 24.5 Å². The fourth-order valence-corrected chi connectivity index (χ4v) is 2.78. The van der Waals surface area contributed by atoms with Crippen molar-refractivity contribution >= 4 is 22.5 Å². The van der Waals surface area contributed by atoms with Gasteiger partial charge in [-0.2, -0.15) is 5.10 Å². The molecule has 0 amide bonds. The quantitative estimate of drug-likeness (QED) is 0.657. The van der Waals surface area contributed by atoms with E-state index in [1.807, 2.05) is 18.3 Å². The molecule has 3 aromatic rings. The molecule has 5 heteroatoms. The number of pyridine rings is 1. The summed E-state index contributed by atoms with van der Waals surface area (Å²) in [5, 5.41) is 12.1. The van der Waals surface area contributed by atoms with Crippen molar-refractivity contribution < 1.29 is 0 Å². The highest BCUT2D eigenvalue weighted by molar-refractivity contribution is 5.91. The molecular weight excluding hydrogens is 238 g/mol. The number of aryl methyl sites for hydroxylation is 1. The second-order valence-electron chi connectivity index (χ2n) is 4.96. The number of hydrogen-bond acceptors (Lipinski definition) is 3. The van der Waals surface area contributed by atoms with Gasteiger partial charge in [-0.3, -0.25) is 5.10 Å². The molecule has 0 fully saturated rings. The summed E-state index contributed by atoms with van der Waals surface area (Å²) in [5.74, 6) is 0.961. The Kier molecular flexibility index (Phi) is 2.30. The molecule has 3 heterocycles. The van der Waals surface area contributed by atoms with Crippen LogP contribution in [0.3, 0.4) is 0 Å². The highest BCUT2D eigenvalue weighted by Gasteiger charge is 2.17. The maximum absolute atomic E-state index is 4.42. The number of hydrogen-bond donors (Lipinski definition) is 3. The van der Waals surface area contributed by atoms with Crippen molar-refractivity contribution in [3.63, 3.8) is 0 Å². The third-order valence-corrected chi connectivity index (χ3v) is 3.77. The van der Waals surface area contributed by atoms with Crippen LogP contribution >= 0.6 is 0 Å². The predicted octanol–water partition coefficient (Wildman–Crippen LogP) is 2.91. The molecule has 0 aliphatic heterocycles. The van der Waals surface area contributed by atoms with Gasteiger partial charge in [0.05, 0.1) is 5.69 Å². The van der Waals surface area contributed by atoms with Crippen LogP contribution in [0.1, 0.15) is 24.1 Å².